The van der Waals surface area contributed by atoms with Gasteiger partial charge in [-0.2, -0.15) is 5.10 Å². The Labute approximate surface area is 148 Å². The minimum atomic E-state index is -0.511. The van der Waals surface area contributed by atoms with Gasteiger partial charge in [0, 0.05) is 31.4 Å². The van der Waals surface area contributed by atoms with Crippen LogP contribution in [0.5, 0.6) is 0 Å². The van der Waals surface area contributed by atoms with E-state index < -0.39 is 10.5 Å². The Balaban J connectivity index is 1.95. The molecule has 0 bridgehead atoms. The van der Waals surface area contributed by atoms with Crippen LogP contribution in [0.15, 0.2) is 35.6 Å². The molecule has 10 nitrogen and oxygen atoms in total. The van der Waals surface area contributed by atoms with Crippen molar-refractivity contribution in [1.29, 1.82) is 0 Å². The molecule has 0 aliphatic rings. The Morgan fingerprint density at radius 2 is 2.19 bits per heavy atom. The van der Waals surface area contributed by atoms with Crippen LogP contribution in [0.3, 0.4) is 0 Å². The lowest BCUT2D eigenvalue weighted by Crippen LogP contribution is -2.26. The molecule has 0 radical (unpaired) electrons. The van der Waals surface area contributed by atoms with Gasteiger partial charge < -0.3 is 15.2 Å². The van der Waals surface area contributed by atoms with Crippen LogP contribution in [0, 0.1) is 10.1 Å². The normalized spacial score (nSPS) is 12.5. The number of nitro groups is 1. The molecule has 26 heavy (non-hydrogen) atoms. The molecule has 0 fully saturated rings. The zero-order valence-electron chi connectivity index (χ0n) is 14.6. The van der Waals surface area contributed by atoms with Gasteiger partial charge in [-0.15, -0.1) is 0 Å². The third-order valence-corrected chi connectivity index (χ3v) is 4.17. The summed E-state index contributed by atoms with van der Waals surface area (Å²) in [6, 6.07) is 2.74. The molecule has 0 aliphatic carbocycles. The van der Waals surface area contributed by atoms with Gasteiger partial charge in [0.25, 0.3) is 11.2 Å². The van der Waals surface area contributed by atoms with Crippen molar-refractivity contribution in [3.8, 4) is 0 Å². The highest BCUT2D eigenvalue weighted by molar-refractivity contribution is 5.86. The first-order chi connectivity index (χ1) is 12.4. The number of nitrogens with one attached hydrogen (secondary N) is 2. The van der Waals surface area contributed by atoms with Gasteiger partial charge in [0.05, 0.1) is 34.4 Å². The van der Waals surface area contributed by atoms with E-state index >= 15 is 0 Å². The molecule has 10 heteroatoms. The summed E-state index contributed by atoms with van der Waals surface area (Å²) >= 11 is 0. The van der Waals surface area contributed by atoms with E-state index in [0.29, 0.717) is 17.7 Å². The van der Waals surface area contributed by atoms with Crippen LogP contribution in [0.25, 0.3) is 10.9 Å². The second-order valence-corrected chi connectivity index (χ2v) is 6.18. The fraction of sp³-hybridized carbons (Fsp3) is 0.312. The number of nitro benzene ring substituents is 1. The molecule has 1 unspecified atom stereocenters. The van der Waals surface area contributed by atoms with Crippen LogP contribution in [-0.4, -0.2) is 50.2 Å². The number of aryl methyl sites for hydroxylation is 1. The Morgan fingerprint density at radius 3 is 2.81 bits per heavy atom. The second-order valence-electron chi connectivity index (χ2n) is 6.18. The van der Waals surface area contributed by atoms with Crippen molar-refractivity contribution in [2.24, 2.45) is 7.05 Å². The first-order valence-electron chi connectivity index (χ1n) is 7.91. The molecule has 0 saturated carbocycles. The summed E-state index contributed by atoms with van der Waals surface area (Å²) in [5.74, 6) is 0. The maximum Gasteiger partial charge on any atom is 0.293 e. The van der Waals surface area contributed by atoms with Gasteiger partial charge in [0.2, 0.25) is 0 Å². The van der Waals surface area contributed by atoms with E-state index in [2.05, 4.69) is 20.4 Å². The summed E-state index contributed by atoms with van der Waals surface area (Å²) in [6.45, 7) is 0.425. The summed E-state index contributed by atoms with van der Waals surface area (Å²) in [4.78, 5) is 31.3. The third-order valence-electron chi connectivity index (χ3n) is 4.17. The molecule has 3 rings (SSSR count). The predicted molar refractivity (Wildman–Crippen MR) is 97.1 cm³/mol. The van der Waals surface area contributed by atoms with Crippen LogP contribution in [0.2, 0.25) is 0 Å². The zero-order chi connectivity index (χ0) is 18.8. The highest BCUT2D eigenvalue weighted by Crippen LogP contribution is 2.29. The van der Waals surface area contributed by atoms with Gasteiger partial charge >= 0.3 is 0 Å². The summed E-state index contributed by atoms with van der Waals surface area (Å²) in [6.07, 6.45) is 4.95. The smallest absolute Gasteiger partial charge is 0.293 e. The summed E-state index contributed by atoms with van der Waals surface area (Å²) < 4.78 is 1.71. The Bertz CT molecular complexity index is 1010. The maximum absolute atomic E-state index is 11.9. The van der Waals surface area contributed by atoms with Crippen molar-refractivity contribution in [3.63, 3.8) is 0 Å². The molecule has 2 N–H and O–H groups in total. The van der Waals surface area contributed by atoms with Crippen molar-refractivity contribution in [3.05, 3.63) is 56.9 Å². The number of hydrogen-bond donors (Lipinski definition) is 2. The highest BCUT2D eigenvalue weighted by atomic mass is 16.6. The first kappa shape index (κ1) is 17.5. The van der Waals surface area contributed by atoms with E-state index in [1.54, 1.807) is 10.9 Å². The van der Waals surface area contributed by atoms with E-state index in [0.717, 1.165) is 5.56 Å². The maximum atomic E-state index is 11.9. The Morgan fingerprint density at radius 1 is 1.42 bits per heavy atom. The SMILES string of the molecule is CN(C)C(CNc1cc2nc[nH]c(=O)c2cc1[N+](=O)[O-])c1cnn(C)c1. The minimum Gasteiger partial charge on any atom is -0.378 e. The Kier molecular flexibility index (Phi) is 4.67. The van der Waals surface area contributed by atoms with Crippen molar-refractivity contribution in [2.45, 2.75) is 6.04 Å². The fourth-order valence-electron chi connectivity index (χ4n) is 2.81. The van der Waals surface area contributed by atoms with Crippen molar-refractivity contribution >= 4 is 22.3 Å². The summed E-state index contributed by atoms with van der Waals surface area (Å²) in [5.41, 5.74) is 1.12. The van der Waals surface area contributed by atoms with Gasteiger partial charge in [0.1, 0.15) is 5.69 Å². The van der Waals surface area contributed by atoms with Crippen LogP contribution < -0.4 is 10.9 Å². The lowest BCUT2D eigenvalue weighted by atomic mass is 10.1. The number of anilines is 1. The van der Waals surface area contributed by atoms with E-state index in [4.69, 9.17) is 0 Å². The molecule has 2 heterocycles. The van der Waals surface area contributed by atoms with Crippen molar-refractivity contribution in [2.75, 3.05) is 26.0 Å². The van der Waals surface area contributed by atoms with Gasteiger partial charge in [-0.05, 0) is 20.2 Å². The average molecular weight is 357 g/mol. The minimum absolute atomic E-state index is 0.0360. The van der Waals surface area contributed by atoms with E-state index in [1.165, 1.54) is 18.5 Å². The standard InChI is InChI=1S/C16H19N7O3/c1-21(2)15(10-6-20-22(3)8-10)7-17-13-5-12-11(4-14(13)23(25)26)16(24)19-9-18-12/h4-6,8-9,15,17H,7H2,1-3H3,(H,18,19,24). The van der Waals surface area contributed by atoms with E-state index in [9.17, 15) is 14.9 Å². The number of likely N-dealkylation sites (N-methyl/N-ethyl adjacent to an activating group) is 1. The number of H-pyrrole nitrogens is 1. The molecular formula is C16H19N7O3. The number of benzene rings is 1. The van der Waals surface area contributed by atoms with Gasteiger partial charge in [-0.1, -0.05) is 0 Å². The molecule has 3 aromatic rings. The van der Waals surface area contributed by atoms with Crippen LogP contribution in [-0.2, 0) is 7.05 Å². The fourth-order valence-corrected chi connectivity index (χ4v) is 2.81. The number of fused-ring (bicyclic) bond motifs is 1. The largest absolute Gasteiger partial charge is 0.378 e. The zero-order valence-corrected chi connectivity index (χ0v) is 14.6. The van der Waals surface area contributed by atoms with Crippen LogP contribution in [0.1, 0.15) is 11.6 Å². The molecule has 0 amide bonds. The van der Waals surface area contributed by atoms with Crippen LogP contribution >= 0.6 is 0 Å². The molecule has 136 valence electrons. The van der Waals surface area contributed by atoms with Gasteiger partial charge in [-0.3, -0.25) is 19.6 Å². The molecule has 0 saturated heterocycles. The third kappa shape index (κ3) is 3.40. The number of nitrogens with zero attached hydrogens (tertiary/aromatic N) is 5. The predicted octanol–water partition coefficient (Wildman–Crippen LogP) is 1.28. The number of rotatable bonds is 6. The van der Waals surface area contributed by atoms with Gasteiger partial charge in [0.15, 0.2) is 0 Å². The molecule has 0 aliphatic heterocycles. The summed E-state index contributed by atoms with van der Waals surface area (Å²) in [7, 11) is 5.69. The summed E-state index contributed by atoms with van der Waals surface area (Å²) in [5, 5.41) is 18.9. The molecular weight excluding hydrogens is 338 g/mol. The monoisotopic (exact) mass is 357 g/mol. The number of aromatic nitrogens is 4. The molecule has 1 aromatic carbocycles. The lowest BCUT2D eigenvalue weighted by Gasteiger charge is -2.24. The number of hydrogen-bond acceptors (Lipinski definition) is 7. The van der Waals surface area contributed by atoms with Crippen molar-refractivity contribution in [1.82, 2.24) is 24.6 Å². The topological polar surface area (TPSA) is 122 Å². The second kappa shape index (κ2) is 6.92. The van der Waals surface area contributed by atoms with E-state index in [1.807, 2.05) is 32.2 Å². The number of aromatic amines is 1. The highest BCUT2D eigenvalue weighted by Gasteiger charge is 2.20. The molecule has 2 aromatic heterocycles. The Hall–Kier alpha value is -3.27. The van der Waals surface area contributed by atoms with E-state index in [-0.39, 0.29) is 17.1 Å². The quantitative estimate of drug-likeness (QED) is 0.503. The van der Waals surface area contributed by atoms with Crippen molar-refractivity contribution < 1.29 is 4.92 Å². The van der Waals surface area contributed by atoms with Gasteiger partial charge in [-0.25, -0.2) is 4.98 Å². The first-order valence-corrected chi connectivity index (χ1v) is 7.91. The van der Waals surface area contributed by atoms with Crippen LogP contribution in [0.4, 0.5) is 11.4 Å². The molecule has 0 spiro atoms. The molecule has 1 atom stereocenters. The lowest BCUT2D eigenvalue weighted by molar-refractivity contribution is -0.383. The average Bonchev–Trinajstić information content (AvgIpc) is 3.00.